The van der Waals surface area contributed by atoms with Gasteiger partial charge in [0, 0.05) is 24.2 Å². The third-order valence-electron chi connectivity index (χ3n) is 1.47. The Balaban J connectivity index is 2.37. The fourth-order valence-corrected chi connectivity index (χ4v) is 0.892. The Morgan fingerprint density at radius 3 is 3.23 bits per heavy atom. The Hall–Kier alpha value is -1.99. The van der Waals surface area contributed by atoms with Crippen molar-refractivity contribution in [3.05, 3.63) is 28.4 Å². The maximum atomic E-state index is 8.49. The average molecular weight is 176 g/mol. The first-order valence-electron chi connectivity index (χ1n) is 3.80. The number of rotatable bonds is 4. The summed E-state index contributed by atoms with van der Waals surface area (Å²) in [5, 5.41) is 15.8. The molecule has 0 aliphatic carbocycles. The topological polar surface area (TPSA) is 90.4 Å². The van der Waals surface area contributed by atoms with E-state index in [1.807, 2.05) is 6.07 Å². The predicted molar refractivity (Wildman–Crippen MR) is 45.6 cm³/mol. The van der Waals surface area contributed by atoms with E-state index in [2.05, 4.69) is 15.1 Å². The molecule has 0 radical (unpaired) electrons. The molecular weight excluding hydrogens is 168 g/mol. The Morgan fingerprint density at radius 1 is 1.77 bits per heavy atom. The van der Waals surface area contributed by atoms with Gasteiger partial charge in [-0.2, -0.15) is 10.4 Å². The van der Waals surface area contributed by atoms with Crippen LogP contribution in [0.15, 0.2) is 17.5 Å². The molecule has 1 heterocycles. The van der Waals surface area contributed by atoms with Gasteiger partial charge in [-0.25, -0.2) is 0 Å². The number of nitriles is 1. The lowest BCUT2D eigenvalue weighted by Crippen LogP contribution is -1.99. The van der Waals surface area contributed by atoms with Crippen LogP contribution in [0, 0.1) is 11.3 Å². The Morgan fingerprint density at radius 2 is 2.62 bits per heavy atom. The minimum Gasteiger partial charge on any atom is -0.271 e. The van der Waals surface area contributed by atoms with E-state index in [1.165, 1.54) is 6.20 Å². The first-order valence-corrected chi connectivity index (χ1v) is 3.80. The van der Waals surface area contributed by atoms with Gasteiger partial charge in [0.25, 0.3) is 0 Å². The van der Waals surface area contributed by atoms with Gasteiger partial charge < -0.3 is 0 Å². The van der Waals surface area contributed by atoms with Crippen LogP contribution in [0.3, 0.4) is 0 Å². The Labute approximate surface area is 75.0 Å². The lowest BCUT2D eigenvalue weighted by atomic mass is 10.4. The van der Waals surface area contributed by atoms with Crippen molar-refractivity contribution in [1.29, 1.82) is 5.26 Å². The summed E-state index contributed by atoms with van der Waals surface area (Å²) in [6.45, 7) is 1.12. The van der Waals surface area contributed by atoms with Crippen molar-refractivity contribution >= 4 is 0 Å². The highest BCUT2D eigenvalue weighted by molar-refractivity contribution is 5.21. The van der Waals surface area contributed by atoms with E-state index in [0.29, 0.717) is 18.7 Å². The average Bonchev–Trinajstić information content (AvgIpc) is 2.60. The highest BCUT2D eigenvalue weighted by atomic mass is 15.3. The Bertz CT molecular complexity index is 353. The fraction of sp³-hybridized carbons (Fsp3) is 0.429. The zero-order valence-electron chi connectivity index (χ0n) is 6.96. The zero-order chi connectivity index (χ0) is 9.52. The normalized spacial score (nSPS) is 8.85. The smallest absolute Gasteiger partial charge is 0.102 e. The van der Waals surface area contributed by atoms with Gasteiger partial charge in [-0.1, -0.05) is 5.11 Å². The molecule has 1 aromatic rings. The van der Waals surface area contributed by atoms with Gasteiger partial charge in [0.2, 0.25) is 0 Å². The lowest BCUT2D eigenvalue weighted by Gasteiger charge is -1.96. The first-order chi connectivity index (χ1) is 6.36. The second-order valence-electron chi connectivity index (χ2n) is 2.41. The second kappa shape index (κ2) is 4.80. The molecule has 0 bridgehead atoms. The molecule has 0 saturated heterocycles. The van der Waals surface area contributed by atoms with Crippen molar-refractivity contribution in [2.24, 2.45) is 5.11 Å². The summed E-state index contributed by atoms with van der Waals surface area (Å²) >= 11 is 0. The van der Waals surface area contributed by atoms with Crippen LogP contribution in [0.1, 0.15) is 12.0 Å². The lowest BCUT2D eigenvalue weighted by molar-refractivity contribution is 0.584. The number of nitrogens with zero attached hydrogens (tertiary/aromatic N) is 6. The van der Waals surface area contributed by atoms with Crippen LogP contribution < -0.4 is 0 Å². The van der Waals surface area contributed by atoms with Crippen LogP contribution >= 0.6 is 0 Å². The molecule has 0 unspecified atom stereocenters. The summed E-state index contributed by atoms with van der Waals surface area (Å²) in [5.41, 5.74) is 8.54. The minimum atomic E-state index is 0.457. The van der Waals surface area contributed by atoms with Crippen LogP contribution in [-0.2, 0) is 6.54 Å². The number of hydrogen-bond acceptors (Lipinski definition) is 3. The van der Waals surface area contributed by atoms with Crippen molar-refractivity contribution in [1.82, 2.24) is 9.78 Å². The molecule has 0 saturated carbocycles. The second-order valence-corrected chi connectivity index (χ2v) is 2.41. The van der Waals surface area contributed by atoms with Crippen LogP contribution in [0.2, 0.25) is 0 Å². The summed E-state index contributed by atoms with van der Waals surface area (Å²) in [5.74, 6) is 0. The van der Waals surface area contributed by atoms with Crippen molar-refractivity contribution in [3.8, 4) is 6.07 Å². The van der Waals surface area contributed by atoms with Gasteiger partial charge in [-0.15, -0.1) is 0 Å². The largest absolute Gasteiger partial charge is 0.271 e. The summed E-state index contributed by atoms with van der Waals surface area (Å²) < 4.78 is 1.66. The number of aromatic nitrogens is 2. The van der Waals surface area contributed by atoms with Gasteiger partial charge in [0.1, 0.15) is 6.07 Å². The molecule has 0 N–H and O–H groups in total. The van der Waals surface area contributed by atoms with Gasteiger partial charge in [0.15, 0.2) is 0 Å². The van der Waals surface area contributed by atoms with E-state index in [1.54, 1.807) is 10.9 Å². The van der Waals surface area contributed by atoms with E-state index < -0.39 is 0 Å². The molecule has 66 valence electrons. The molecule has 1 rings (SSSR count). The van der Waals surface area contributed by atoms with Crippen molar-refractivity contribution in [2.45, 2.75) is 13.0 Å². The maximum absolute atomic E-state index is 8.49. The van der Waals surface area contributed by atoms with Gasteiger partial charge in [-0.05, 0) is 12.0 Å². The van der Waals surface area contributed by atoms with Crippen LogP contribution in [0.5, 0.6) is 0 Å². The summed E-state index contributed by atoms with van der Waals surface area (Å²) in [4.78, 5) is 2.63. The van der Waals surface area contributed by atoms with Gasteiger partial charge >= 0.3 is 0 Å². The van der Waals surface area contributed by atoms with Gasteiger partial charge in [0.05, 0.1) is 11.8 Å². The fourth-order valence-electron chi connectivity index (χ4n) is 0.892. The van der Waals surface area contributed by atoms with E-state index in [0.717, 1.165) is 6.42 Å². The molecule has 0 spiro atoms. The monoisotopic (exact) mass is 176 g/mol. The highest BCUT2D eigenvalue weighted by Gasteiger charge is 1.95. The standard InChI is InChI=1S/C7H8N6/c8-4-7-5-11-13(6-7)3-1-2-10-12-9/h5-6H,1-3H2. The minimum absolute atomic E-state index is 0.457. The van der Waals surface area contributed by atoms with E-state index in [4.69, 9.17) is 10.8 Å². The molecule has 0 fully saturated rings. The molecular formula is C7H8N6. The summed E-state index contributed by atoms with van der Waals surface area (Å²) in [6, 6.07) is 1.98. The molecule has 0 aliphatic heterocycles. The van der Waals surface area contributed by atoms with Crippen LogP contribution in [-0.4, -0.2) is 16.3 Å². The molecule has 0 aliphatic rings. The van der Waals surface area contributed by atoms with Gasteiger partial charge in [-0.3, -0.25) is 4.68 Å². The van der Waals surface area contributed by atoms with Crippen molar-refractivity contribution < 1.29 is 0 Å². The number of azide groups is 1. The van der Waals surface area contributed by atoms with Crippen molar-refractivity contribution in [2.75, 3.05) is 6.54 Å². The molecule has 0 aromatic carbocycles. The maximum Gasteiger partial charge on any atom is 0.102 e. The van der Waals surface area contributed by atoms with Crippen LogP contribution in [0.4, 0.5) is 0 Å². The third-order valence-corrected chi connectivity index (χ3v) is 1.47. The van der Waals surface area contributed by atoms with E-state index in [9.17, 15) is 0 Å². The molecule has 1 aromatic heterocycles. The highest BCUT2D eigenvalue weighted by Crippen LogP contribution is 1.96. The molecule has 6 heteroatoms. The molecule has 0 amide bonds. The molecule has 13 heavy (non-hydrogen) atoms. The van der Waals surface area contributed by atoms with Crippen LogP contribution in [0.25, 0.3) is 10.4 Å². The predicted octanol–water partition coefficient (Wildman–Crippen LogP) is 1.46. The van der Waals surface area contributed by atoms with E-state index >= 15 is 0 Å². The summed E-state index contributed by atoms with van der Waals surface area (Å²) in [6.07, 6.45) is 3.90. The SMILES string of the molecule is N#Cc1cnn(CCCN=[N+]=[N-])c1. The zero-order valence-corrected chi connectivity index (χ0v) is 6.96. The third kappa shape index (κ3) is 2.85. The van der Waals surface area contributed by atoms with Crippen molar-refractivity contribution in [3.63, 3.8) is 0 Å². The number of aryl methyl sites for hydroxylation is 1. The Kier molecular flexibility index (Phi) is 3.36. The first kappa shape index (κ1) is 9.10. The molecule has 6 nitrogen and oxygen atoms in total. The number of hydrogen-bond donors (Lipinski definition) is 0. The summed E-state index contributed by atoms with van der Waals surface area (Å²) in [7, 11) is 0. The molecule has 0 atom stereocenters. The quantitative estimate of drug-likeness (QED) is 0.300. The van der Waals surface area contributed by atoms with E-state index in [-0.39, 0.29) is 0 Å².